The molecule has 0 saturated heterocycles. The maximum Gasteiger partial charge on any atom is 0.221 e. The van der Waals surface area contributed by atoms with Crippen LogP contribution in [0.3, 0.4) is 0 Å². The predicted molar refractivity (Wildman–Crippen MR) is 134 cm³/mol. The van der Waals surface area contributed by atoms with Crippen molar-refractivity contribution in [2.75, 3.05) is 0 Å². The molecule has 4 nitrogen and oxygen atoms in total. The highest BCUT2D eigenvalue weighted by molar-refractivity contribution is 5.82. The third-order valence-electron chi connectivity index (χ3n) is 7.56. The minimum Gasteiger partial charge on any atom is -0.369 e. The molecule has 1 heterocycles. The summed E-state index contributed by atoms with van der Waals surface area (Å²) in [5.74, 6) is -0.226. The minimum absolute atomic E-state index is 0.00237. The third kappa shape index (κ3) is 4.70. The van der Waals surface area contributed by atoms with Crippen molar-refractivity contribution in [2.45, 2.75) is 56.9 Å². The van der Waals surface area contributed by atoms with Crippen LogP contribution in [0.2, 0.25) is 0 Å². The van der Waals surface area contributed by atoms with Gasteiger partial charge in [0.1, 0.15) is 5.83 Å². The first-order chi connectivity index (χ1) is 16.6. The van der Waals surface area contributed by atoms with E-state index >= 15 is 0 Å². The summed E-state index contributed by atoms with van der Waals surface area (Å²) in [6.45, 7) is 0. The van der Waals surface area contributed by atoms with Crippen LogP contribution in [0.5, 0.6) is 0 Å². The molecule has 5 rings (SSSR count). The summed E-state index contributed by atoms with van der Waals surface area (Å²) >= 11 is 0. The number of nitrogens with two attached hydrogens (primary N) is 1. The molecule has 0 aliphatic heterocycles. The van der Waals surface area contributed by atoms with Gasteiger partial charge < -0.3 is 5.73 Å². The first-order valence-electron chi connectivity index (χ1n) is 12.5. The van der Waals surface area contributed by atoms with E-state index in [4.69, 9.17) is 5.73 Å². The summed E-state index contributed by atoms with van der Waals surface area (Å²) in [6, 6.07) is 16.6. The number of fused-ring (bicyclic) bond motifs is 1. The number of nitrogens with zero attached hydrogens (tertiary/aromatic N) is 2. The molecule has 2 aliphatic rings. The van der Waals surface area contributed by atoms with Crippen molar-refractivity contribution in [3.05, 3.63) is 89.9 Å². The van der Waals surface area contributed by atoms with Crippen LogP contribution in [0.4, 0.5) is 4.39 Å². The van der Waals surface area contributed by atoms with Crippen molar-refractivity contribution in [3.8, 4) is 0 Å². The highest BCUT2D eigenvalue weighted by atomic mass is 19.1. The van der Waals surface area contributed by atoms with Crippen LogP contribution in [0.15, 0.2) is 78.8 Å². The number of primary amides is 1. The van der Waals surface area contributed by atoms with Gasteiger partial charge >= 0.3 is 0 Å². The maximum absolute atomic E-state index is 13.4. The molecule has 5 heteroatoms. The van der Waals surface area contributed by atoms with E-state index in [2.05, 4.69) is 35.4 Å². The number of allylic oxidation sites excluding steroid dienone is 4. The van der Waals surface area contributed by atoms with E-state index < -0.39 is 0 Å². The molecule has 176 valence electrons. The van der Waals surface area contributed by atoms with Crippen LogP contribution in [-0.4, -0.2) is 15.7 Å². The summed E-state index contributed by atoms with van der Waals surface area (Å²) in [7, 11) is 0. The Morgan fingerprint density at radius 3 is 2.59 bits per heavy atom. The second-order valence-electron chi connectivity index (χ2n) is 9.80. The molecule has 0 radical (unpaired) electrons. The van der Waals surface area contributed by atoms with Gasteiger partial charge in [0.15, 0.2) is 0 Å². The van der Waals surface area contributed by atoms with Crippen molar-refractivity contribution in [2.24, 2.45) is 17.6 Å². The standard InChI is InChI=1S/C29H32FN3O/c30-24-12-14-25(15-13-24)33-27-16-11-22(18-23(27)19-32-33)28(21-9-5-2-6-10-21)26(29(31)34)17-20-7-3-1-4-8-20/h2,5-6,9-14,16,18-20,25-26,28H,1,3-4,7-8,15,17H2,(H2,31,34). The van der Waals surface area contributed by atoms with Gasteiger partial charge in [0, 0.05) is 17.2 Å². The average Bonchev–Trinajstić information content (AvgIpc) is 3.29. The van der Waals surface area contributed by atoms with Crippen molar-refractivity contribution in [3.63, 3.8) is 0 Å². The van der Waals surface area contributed by atoms with Gasteiger partial charge in [-0.1, -0.05) is 74.6 Å². The van der Waals surface area contributed by atoms with E-state index in [0.29, 0.717) is 12.3 Å². The predicted octanol–water partition coefficient (Wildman–Crippen LogP) is 6.59. The first-order valence-corrected chi connectivity index (χ1v) is 12.5. The van der Waals surface area contributed by atoms with Crippen molar-refractivity contribution >= 4 is 16.8 Å². The van der Waals surface area contributed by atoms with E-state index in [1.54, 1.807) is 6.08 Å². The first kappa shape index (κ1) is 22.6. The Bertz CT molecular complexity index is 1210. The second kappa shape index (κ2) is 9.96. The van der Waals surface area contributed by atoms with Gasteiger partial charge in [-0.15, -0.1) is 0 Å². The van der Waals surface area contributed by atoms with Crippen LogP contribution < -0.4 is 5.73 Å². The Kier molecular flexibility index (Phi) is 6.61. The lowest BCUT2D eigenvalue weighted by Gasteiger charge is -2.31. The fraction of sp³-hybridized carbons (Fsp3) is 0.379. The number of hydrogen-bond acceptors (Lipinski definition) is 2. The molecule has 2 aromatic carbocycles. The van der Waals surface area contributed by atoms with Gasteiger partial charge in [-0.25, -0.2) is 4.39 Å². The minimum atomic E-state index is -0.257. The summed E-state index contributed by atoms with van der Waals surface area (Å²) in [5, 5.41) is 5.63. The van der Waals surface area contributed by atoms with Crippen LogP contribution in [0, 0.1) is 11.8 Å². The van der Waals surface area contributed by atoms with Crippen LogP contribution >= 0.6 is 0 Å². The maximum atomic E-state index is 13.4. The lowest BCUT2D eigenvalue weighted by atomic mass is 9.73. The Hall–Kier alpha value is -3.21. The molecule has 1 aromatic heterocycles. The zero-order chi connectivity index (χ0) is 23.5. The lowest BCUT2D eigenvalue weighted by molar-refractivity contribution is -0.122. The molecule has 0 spiro atoms. The van der Waals surface area contributed by atoms with Crippen molar-refractivity contribution < 1.29 is 9.18 Å². The van der Waals surface area contributed by atoms with E-state index in [-0.39, 0.29) is 29.6 Å². The number of aromatic nitrogens is 2. The molecule has 1 saturated carbocycles. The Labute approximate surface area is 200 Å². The topological polar surface area (TPSA) is 60.9 Å². The summed E-state index contributed by atoms with van der Waals surface area (Å²) in [4.78, 5) is 12.8. The number of rotatable bonds is 7. The number of benzene rings is 2. The van der Waals surface area contributed by atoms with Crippen molar-refractivity contribution in [1.82, 2.24) is 9.78 Å². The van der Waals surface area contributed by atoms with Crippen LogP contribution in [-0.2, 0) is 4.79 Å². The molecule has 1 amide bonds. The van der Waals surface area contributed by atoms with Gasteiger partial charge in [-0.05, 0) is 54.2 Å². The zero-order valence-corrected chi connectivity index (χ0v) is 19.4. The molecule has 34 heavy (non-hydrogen) atoms. The summed E-state index contributed by atoms with van der Waals surface area (Å²) < 4.78 is 15.4. The van der Waals surface area contributed by atoms with Gasteiger partial charge in [0.25, 0.3) is 0 Å². The highest BCUT2D eigenvalue weighted by Gasteiger charge is 2.32. The van der Waals surface area contributed by atoms with Gasteiger partial charge in [-0.3, -0.25) is 9.48 Å². The molecule has 2 aliphatic carbocycles. The molecule has 3 unspecified atom stereocenters. The number of carbonyl (C=O) groups excluding carboxylic acids is 1. The number of halogens is 1. The van der Waals surface area contributed by atoms with E-state index in [0.717, 1.165) is 28.5 Å². The fourth-order valence-corrected chi connectivity index (χ4v) is 5.81. The van der Waals surface area contributed by atoms with E-state index in [9.17, 15) is 9.18 Å². The summed E-state index contributed by atoms with van der Waals surface area (Å²) in [5.41, 5.74) is 9.26. The lowest BCUT2D eigenvalue weighted by Crippen LogP contribution is -2.32. The molecule has 2 N–H and O–H groups in total. The molecule has 3 atom stereocenters. The van der Waals surface area contributed by atoms with Crippen LogP contribution in [0.25, 0.3) is 10.9 Å². The highest BCUT2D eigenvalue weighted by Crippen LogP contribution is 2.40. The number of amides is 1. The number of hydrogen-bond donors (Lipinski definition) is 1. The number of carbonyl (C=O) groups is 1. The second-order valence-corrected chi connectivity index (χ2v) is 9.80. The smallest absolute Gasteiger partial charge is 0.221 e. The Balaban J connectivity index is 1.51. The third-order valence-corrected chi connectivity index (χ3v) is 7.56. The van der Waals surface area contributed by atoms with Crippen LogP contribution in [0.1, 0.15) is 68.0 Å². The summed E-state index contributed by atoms with van der Waals surface area (Å²) in [6.07, 6.45) is 14.4. The molecule has 0 bridgehead atoms. The quantitative estimate of drug-likeness (QED) is 0.435. The molecular formula is C29H32FN3O. The largest absolute Gasteiger partial charge is 0.369 e. The Morgan fingerprint density at radius 2 is 1.88 bits per heavy atom. The SMILES string of the molecule is NC(=O)C(CC1CCCCC1)C(c1ccccc1)c1ccc2c(cnn2C2C=CC(F)=CC2)c1. The van der Waals surface area contributed by atoms with Gasteiger partial charge in [0.05, 0.1) is 17.8 Å². The van der Waals surface area contributed by atoms with Crippen molar-refractivity contribution in [1.29, 1.82) is 0 Å². The average molecular weight is 458 g/mol. The molecule has 1 fully saturated rings. The molecule has 3 aromatic rings. The Morgan fingerprint density at radius 1 is 1.09 bits per heavy atom. The van der Waals surface area contributed by atoms with Gasteiger partial charge in [-0.2, -0.15) is 5.10 Å². The normalized spacial score (nSPS) is 20.7. The zero-order valence-electron chi connectivity index (χ0n) is 19.4. The molecular weight excluding hydrogens is 425 g/mol. The van der Waals surface area contributed by atoms with Gasteiger partial charge in [0.2, 0.25) is 5.91 Å². The van der Waals surface area contributed by atoms with E-state index in [1.165, 1.54) is 38.2 Å². The monoisotopic (exact) mass is 457 g/mol. The fourth-order valence-electron chi connectivity index (χ4n) is 5.81. The van der Waals surface area contributed by atoms with E-state index in [1.807, 2.05) is 35.2 Å².